The number of hydrogen-bond donors (Lipinski definition) is 1. The molecule has 1 rings (SSSR count). The average Bonchev–Trinajstić information content (AvgIpc) is 2.69. The van der Waals surface area contributed by atoms with Gasteiger partial charge in [-0.05, 0) is 37.9 Å². The summed E-state index contributed by atoms with van der Waals surface area (Å²) >= 11 is 5.19. The first-order chi connectivity index (χ1) is 8.00. The topological polar surface area (TPSA) is 64.0 Å². The smallest absolute Gasteiger partial charge is 0.244 e. The molecule has 0 fully saturated rings. The molecule has 0 saturated carbocycles. The van der Waals surface area contributed by atoms with E-state index in [4.69, 9.17) is 11.6 Å². The molecule has 0 bridgehead atoms. The fraction of sp³-hybridized carbons (Fsp3) is 0.545. The van der Waals surface area contributed by atoms with E-state index in [0.29, 0.717) is 13.0 Å². The molecule has 1 unspecified atom stereocenters. The predicted molar refractivity (Wildman–Crippen MR) is 64.8 cm³/mol. The predicted octanol–water partition coefficient (Wildman–Crippen LogP) is 1.41. The summed E-state index contributed by atoms with van der Waals surface area (Å²) in [6, 6.07) is 1.49. The largest absolute Gasteiger partial charge is 0.354 e. The number of aromatic nitrogens is 2. The van der Waals surface area contributed by atoms with Crippen LogP contribution in [0.3, 0.4) is 0 Å². The maximum atomic E-state index is 11.7. The Morgan fingerprint density at radius 2 is 2.29 bits per heavy atom. The van der Waals surface area contributed by atoms with Crippen LogP contribution >= 0.6 is 11.6 Å². The summed E-state index contributed by atoms with van der Waals surface area (Å²) in [4.78, 5) is 22.2. The molecule has 0 radical (unpaired) electrons. The molecule has 0 aliphatic rings. The summed E-state index contributed by atoms with van der Waals surface area (Å²) in [6.07, 6.45) is 2.60. The van der Waals surface area contributed by atoms with Gasteiger partial charge >= 0.3 is 0 Å². The number of carbonyl (C=O) groups is 2. The van der Waals surface area contributed by atoms with Crippen molar-refractivity contribution in [2.24, 2.45) is 0 Å². The Kier molecular flexibility index (Phi) is 5.15. The van der Waals surface area contributed by atoms with Gasteiger partial charge < -0.3 is 5.32 Å². The van der Waals surface area contributed by atoms with Crippen molar-refractivity contribution in [1.29, 1.82) is 0 Å². The highest BCUT2D eigenvalue weighted by atomic mass is 35.5. The fourth-order valence-electron chi connectivity index (χ4n) is 1.36. The van der Waals surface area contributed by atoms with Crippen molar-refractivity contribution in [3.8, 4) is 0 Å². The minimum atomic E-state index is -0.380. The molecular weight excluding hydrogens is 242 g/mol. The van der Waals surface area contributed by atoms with Gasteiger partial charge in [0.15, 0.2) is 0 Å². The van der Waals surface area contributed by atoms with Gasteiger partial charge in [0.25, 0.3) is 0 Å². The summed E-state index contributed by atoms with van der Waals surface area (Å²) in [7, 11) is 0. The summed E-state index contributed by atoms with van der Waals surface area (Å²) in [5, 5.41) is 6.52. The third-order valence-corrected chi connectivity index (χ3v) is 2.56. The van der Waals surface area contributed by atoms with Crippen LogP contribution in [0, 0.1) is 6.92 Å². The van der Waals surface area contributed by atoms with Crippen molar-refractivity contribution in [3.63, 3.8) is 0 Å². The van der Waals surface area contributed by atoms with Gasteiger partial charge in [0.2, 0.25) is 11.1 Å². The van der Waals surface area contributed by atoms with Crippen LogP contribution in [-0.4, -0.2) is 27.5 Å². The van der Waals surface area contributed by atoms with Gasteiger partial charge in [-0.25, -0.2) is 0 Å². The van der Waals surface area contributed by atoms with E-state index in [1.165, 1.54) is 0 Å². The maximum absolute atomic E-state index is 11.7. The minimum absolute atomic E-state index is 0.116. The molecule has 0 aliphatic heterocycles. The Balaban J connectivity index is 2.35. The van der Waals surface area contributed by atoms with Gasteiger partial charge in [-0.15, -0.1) is 0 Å². The van der Waals surface area contributed by atoms with Crippen LogP contribution in [0.25, 0.3) is 0 Å². The first-order valence-electron chi connectivity index (χ1n) is 5.48. The molecule has 1 aromatic rings. The molecule has 1 heterocycles. The van der Waals surface area contributed by atoms with E-state index in [9.17, 15) is 9.59 Å². The van der Waals surface area contributed by atoms with Gasteiger partial charge in [0, 0.05) is 19.2 Å². The SMILES string of the molecule is Cc1ccn(C(C)C(=O)NCCCC(=O)Cl)n1. The molecule has 6 heteroatoms. The zero-order chi connectivity index (χ0) is 12.8. The first kappa shape index (κ1) is 13.7. The lowest BCUT2D eigenvalue weighted by atomic mass is 10.3. The van der Waals surface area contributed by atoms with Gasteiger partial charge in [-0.1, -0.05) is 0 Å². The van der Waals surface area contributed by atoms with E-state index < -0.39 is 0 Å². The second-order valence-corrected chi connectivity index (χ2v) is 4.28. The highest BCUT2D eigenvalue weighted by Gasteiger charge is 2.14. The van der Waals surface area contributed by atoms with Crippen LogP contribution < -0.4 is 5.32 Å². The molecule has 94 valence electrons. The van der Waals surface area contributed by atoms with Crippen molar-refractivity contribution < 1.29 is 9.59 Å². The zero-order valence-electron chi connectivity index (χ0n) is 9.94. The third kappa shape index (κ3) is 4.56. The van der Waals surface area contributed by atoms with Crippen LogP contribution in [0.15, 0.2) is 12.3 Å². The Bertz CT molecular complexity index is 403. The van der Waals surface area contributed by atoms with Crippen LogP contribution in [-0.2, 0) is 9.59 Å². The number of carbonyl (C=O) groups excluding carboxylic acids is 2. The van der Waals surface area contributed by atoms with Crippen molar-refractivity contribution in [2.75, 3.05) is 6.54 Å². The van der Waals surface area contributed by atoms with Crippen LogP contribution in [0.5, 0.6) is 0 Å². The van der Waals surface area contributed by atoms with E-state index in [0.717, 1.165) is 5.69 Å². The first-order valence-corrected chi connectivity index (χ1v) is 5.86. The second-order valence-electron chi connectivity index (χ2n) is 3.86. The Morgan fingerprint density at radius 1 is 1.59 bits per heavy atom. The standard InChI is InChI=1S/C11H16ClN3O2/c1-8-5-7-15(14-8)9(2)11(17)13-6-3-4-10(12)16/h5,7,9H,3-4,6H2,1-2H3,(H,13,17). The Hall–Kier alpha value is -1.36. The van der Waals surface area contributed by atoms with Crippen LogP contribution in [0.4, 0.5) is 0 Å². The van der Waals surface area contributed by atoms with Crippen molar-refractivity contribution in [3.05, 3.63) is 18.0 Å². The lowest BCUT2D eigenvalue weighted by Crippen LogP contribution is -2.32. The van der Waals surface area contributed by atoms with Gasteiger partial charge in [0.1, 0.15) is 6.04 Å². The number of halogens is 1. The Labute approximate surface area is 105 Å². The zero-order valence-corrected chi connectivity index (χ0v) is 10.7. The van der Waals surface area contributed by atoms with E-state index in [-0.39, 0.29) is 23.6 Å². The number of hydrogen-bond acceptors (Lipinski definition) is 3. The molecule has 0 aromatic carbocycles. The summed E-state index contributed by atoms with van der Waals surface area (Å²) in [6.45, 7) is 4.09. The normalized spacial score (nSPS) is 12.2. The molecule has 1 atom stereocenters. The summed E-state index contributed by atoms with van der Waals surface area (Å²) in [5.41, 5.74) is 0.873. The summed E-state index contributed by atoms with van der Waals surface area (Å²) < 4.78 is 1.61. The van der Waals surface area contributed by atoms with Crippen molar-refractivity contribution in [2.45, 2.75) is 32.7 Å². The van der Waals surface area contributed by atoms with Crippen LogP contribution in [0.1, 0.15) is 31.5 Å². The van der Waals surface area contributed by atoms with Crippen molar-refractivity contribution >= 4 is 22.8 Å². The molecule has 0 aliphatic carbocycles. The van der Waals surface area contributed by atoms with E-state index >= 15 is 0 Å². The van der Waals surface area contributed by atoms with Gasteiger partial charge in [0.05, 0.1) is 5.69 Å². The summed E-state index contributed by atoms with van der Waals surface area (Å²) in [5.74, 6) is -0.116. The molecule has 1 N–H and O–H groups in total. The number of amides is 1. The van der Waals surface area contributed by atoms with Crippen molar-refractivity contribution in [1.82, 2.24) is 15.1 Å². The minimum Gasteiger partial charge on any atom is -0.354 e. The molecule has 1 aromatic heterocycles. The third-order valence-electron chi connectivity index (χ3n) is 2.37. The Morgan fingerprint density at radius 3 is 2.82 bits per heavy atom. The second kappa shape index (κ2) is 6.39. The molecule has 0 saturated heterocycles. The lowest BCUT2D eigenvalue weighted by Gasteiger charge is -2.12. The quantitative estimate of drug-likeness (QED) is 0.619. The number of rotatable bonds is 6. The van der Waals surface area contributed by atoms with Gasteiger partial charge in [-0.2, -0.15) is 5.10 Å². The lowest BCUT2D eigenvalue weighted by molar-refractivity contribution is -0.124. The average molecular weight is 258 g/mol. The molecule has 5 nitrogen and oxygen atoms in total. The van der Waals surface area contributed by atoms with E-state index in [2.05, 4.69) is 10.4 Å². The monoisotopic (exact) mass is 257 g/mol. The molecular formula is C11H16ClN3O2. The number of aryl methyl sites for hydroxylation is 1. The fourth-order valence-corrected chi connectivity index (χ4v) is 1.49. The molecule has 1 amide bonds. The number of nitrogens with one attached hydrogen (secondary N) is 1. The molecule has 0 spiro atoms. The number of nitrogens with zero attached hydrogens (tertiary/aromatic N) is 2. The maximum Gasteiger partial charge on any atom is 0.244 e. The molecule has 17 heavy (non-hydrogen) atoms. The highest BCUT2D eigenvalue weighted by Crippen LogP contribution is 2.05. The van der Waals surface area contributed by atoms with Gasteiger partial charge in [-0.3, -0.25) is 14.3 Å². The highest BCUT2D eigenvalue weighted by molar-refractivity contribution is 6.63. The van der Waals surface area contributed by atoms with Crippen LogP contribution in [0.2, 0.25) is 0 Å². The van der Waals surface area contributed by atoms with E-state index in [1.807, 2.05) is 13.0 Å². The van der Waals surface area contributed by atoms with E-state index in [1.54, 1.807) is 17.8 Å².